The summed E-state index contributed by atoms with van der Waals surface area (Å²) in [6.45, 7) is -1.93. The fourth-order valence-corrected chi connectivity index (χ4v) is 3.58. The molecule has 0 spiro atoms. The number of carbonyl (C=O) groups is 1. The van der Waals surface area contributed by atoms with Crippen LogP contribution < -0.4 is 10.6 Å². The van der Waals surface area contributed by atoms with Crippen LogP contribution in [-0.4, -0.2) is 20.6 Å². The zero-order valence-electron chi connectivity index (χ0n) is 18.9. The zero-order chi connectivity index (χ0) is 24.8. The van der Waals surface area contributed by atoms with Crippen LogP contribution in [0.4, 0.5) is 29.3 Å². The fraction of sp³-hybridized carbons (Fsp3) is 0.0833. The molecule has 0 fully saturated rings. The number of urea groups is 1. The van der Waals surface area contributed by atoms with Crippen molar-refractivity contribution >= 4 is 39.3 Å². The number of nitrogens with zero attached hydrogens (tertiary/aromatic N) is 2. The molecule has 6 nitrogen and oxygen atoms in total. The van der Waals surface area contributed by atoms with Crippen molar-refractivity contribution in [2.45, 2.75) is 12.7 Å². The maximum absolute atomic E-state index is 12.7. The van der Waals surface area contributed by atoms with Gasteiger partial charge in [-0.25, -0.2) is 9.78 Å². The van der Waals surface area contributed by atoms with Gasteiger partial charge in [-0.2, -0.15) is 13.2 Å². The van der Waals surface area contributed by atoms with E-state index >= 15 is 0 Å². The number of benzene rings is 2. The van der Waals surface area contributed by atoms with Crippen molar-refractivity contribution in [3.05, 3.63) is 90.4 Å². The maximum Gasteiger partial charge on any atom is 0.416 e. The molecular weight excluding hydrogens is 431 g/mol. The average Bonchev–Trinajstić information content (AvgIpc) is 3.45. The predicted octanol–water partition coefficient (Wildman–Crippen LogP) is 6.23. The molecule has 0 aliphatic carbocycles. The molecule has 0 bridgehead atoms. The molecule has 33 heavy (non-hydrogen) atoms. The number of nitrogens with one attached hydrogen (secondary N) is 3. The minimum atomic E-state index is -4.46. The summed E-state index contributed by atoms with van der Waals surface area (Å²) in [5.41, 5.74) is 1.34. The first-order valence-electron chi connectivity index (χ1n) is 10.9. The summed E-state index contributed by atoms with van der Waals surface area (Å²) in [4.78, 5) is 19.7. The van der Waals surface area contributed by atoms with Crippen LogP contribution in [0, 0.1) is 0 Å². The number of anilines is 2. The monoisotopic (exact) mass is 451 g/mol. The molecule has 2 amide bonds. The number of halogens is 3. The van der Waals surface area contributed by atoms with Gasteiger partial charge in [0, 0.05) is 41.5 Å². The Kier molecular flexibility index (Phi) is 4.45. The minimum absolute atomic E-state index is 0.199. The third-order valence-corrected chi connectivity index (χ3v) is 5.14. The number of alkyl halides is 3. The summed E-state index contributed by atoms with van der Waals surface area (Å²) >= 11 is 0. The molecule has 3 aromatic heterocycles. The summed E-state index contributed by atoms with van der Waals surface area (Å²) in [6, 6.07) is 13.8. The van der Waals surface area contributed by atoms with Crippen LogP contribution in [0.1, 0.15) is 13.9 Å². The van der Waals surface area contributed by atoms with E-state index in [0.717, 1.165) is 12.1 Å². The van der Waals surface area contributed by atoms with Gasteiger partial charge >= 0.3 is 12.2 Å². The standard InChI is InChI=1S/C24H18F3N5O/c25-24(26,27)16-6-8-17(9-7-16)30-23(33)31-20-4-1-5-21-19(20)10-12-32(21)14-15-13-29-22-18(15)3-2-11-28-22/h1-13H,14H2,(H,28,29)(H2,30,31,33)/i14D2. The van der Waals surface area contributed by atoms with E-state index in [1.165, 1.54) is 16.7 Å². The van der Waals surface area contributed by atoms with Gasteiger partial charge in [-0.05, 0) is 60.2 Å². The van der Waals surface area contributed by atoms with E-state index < -0.39 is 24.3 Å². The fourth-order valence-electron chi connectivity index (χ4n) is 3.58. The van der Waals surface area contributed by atoms with Crippen LogP contribution >= 0.6 is 0 Å². The number of carbonyl (C=O) groups excluding carboxylic acids is 1. The Bertz CT molecular complexity index is 1540. The van der Waals surface area contributed by atoms with E-state index in [1.807, 2.05) is 0 Å². The van der Waals surface area contributed by atoms with E-state index in [2.05, 4.69) is 20.6 Å². The van der Waals surface area contributed by atoms with Crippen molar-refractivity contribution < 1.29 is 20.7 Å². The number of aromatic amines is 1. The molecule has 0 saturated heterocycles. The van der Waals surface area contributed by atoms with Crippen molar-refractivity contribution in [2.24, 2.45) is 0 Å². The Morgan fingerprint density at radius 3 is 2.64 bits per heavy atom. The van der Waals surface area contributed by atoms with Gasteiger partial charge in [-0.1, -0.05) is 6.07 Å². The SMILES string of the molecule is [2H]C([2H])(c1c[nH]c2ncccc12)n1ccc2c(NC(=O)Nc3ccc(C(F)(F)F)cc3)cccc21. The Morgan fingerprint density at radius 1 is 1.03 bits per heavy atom. The molecule has 9 heteroatoms. The largest absolute Gasteiger partial charge is 0.416 e. The van der Waals surface area contributed by atoms with E-state index in [0.29, 0.717) is 33.2 Å². The van der Waals surface area contributed by atoms with Crippen molar-refractivity contribution in [2.75, 3.05) is 10.6 Å². The highest BCUT2D eigenvalue weighted by atomic mass is 19.4. The van der Waals surface area contributed by atoms with E-state index in [-0.39, 0.29) is 5.69 Å². The summed E-state index contributed by atoms with van der Waals surface area (Å²) in [5.74, 6) is 0. The van der Waals surface area contributed by atoms with E-state index in [9.17, 15) is 18.0 Å². The number of hydrogen-bond acceptors (Lipinski definition) is 2. The molecule has 3 heterocycles. The van der Waals surface area contributed by atoms with Gasteiger partial charge in [0.1, 0.15) is 5.65 Å². The average molecular weight is 451 g/mol. The summed E-state index contributed by atoms with van der Waals surface area (Å²) in [5, 5.41) is 6.44. The molecule has 0 radical (unpaired) electrons. The van der Waals surface area contributed by atoms with Gasteiger partial charge in [-0.15, -0.1) is 0 Å². The van der Waals surface area contributed by atoms with Gasteiger partial charge in [-0.3, -0.25) is 0 Å². The molecule has 5 rings (SSSR count). The number of pyridine rings is 1. The van der Waals surface area contributed by atoms with E-state index in [4.69, 9.17) is 2.74 Å². The number of rotatable bonds is 4. The van der Waals surface area contributed by atoms with Crippen LogP contribution in [0.2, 0.25) is 0 Å². The van der Waals surface area contributed by atoms with Crippen molar-refractivity contribution in [1.29, 1.82) is 0 Å². The number of hydrogen-bond donors (Lipinski definition) is 3. The normalized spacial score (nSPS) is 13.1. The summed E-state index contributed by atoms with van der Waals surface area (Å²) in [7, 11) is 0. The van der Waals surface area contributed by atoms with Gasteiger partial charge in [0.2, 0.25) is 0 Å². The first-order chi connectivity index (χ1) is 16.6. The second-order valence-electron chi connectivity index (χ2n) is 7.29. The van der Waals surface area contributed by atoms with Gasteiger partial charge in [0.05, 0.1) is 19.5 Å². The summed E-state index contributed by atoms with van der Waals surface area (Å²) in [6.07, 6.45) is 0.344. The lowest BCUT2D eigenvalue weighted by atomic mass is 10.2. The molecule has 0 atom stereocenters. The third kappa shape index (κ3) is 4.12. The van der Waals surface area contributed by atoms with Gasteiger partial charge < -0.3 is 20.2 Å². The Morgan fingerprint density at radius 2 is 1.85 bits per heavy atom. The van der Waals surface area contributed by atoms with Crippen LogP contribution in [-0.2, 0) is 12.7 Å². The molecule has 0 unspecified atom stereocenters. The molecular formula is C24H18F3N5O. The smallest absolute Gasteiger partial charge is 0.346 e. The van der Waals surface area contributed by atoms with Crippen molar-refractivity contribution in [3.8, 4) is 0 Å². The Labute approximate surface area is 188 Å². The van der Waals surface area contributed by atoms with Crippen molar-refractivity contribution in [3.63, 3.8) is 0 Å². The number of H-pyrrole nitrogens is 1. The number of amides is 2. The van der Waals surface area contributed by atoms with Crippen LogP contribution in [0.3, 0.4) is 0 Å². The van der Waals surface area contributed by atoms with Gasteiger partial charge in [0.25, 0.3) is 0 Å². The first-order valence-corrected chi connectivity index (χ1v) is 9.93. The number of aromatic nitrogens is 3. The van der Waals surface area contributed by atoms with Crippen LogP contribution in [0.25, 0.3) is 21.9 Å². The molecule has 3 N–H and O–H groups in total. The topological polar surface area (TPSA) is 74.7 Å². The predicted molar refractivity (Wildman–Crippen MR) is 121 cm³/mol. The maximum atomic E-state index is 12.7. The van der Waals surface area contributed by atoms with Gasteiger partial charge in [0.15, 0.2) is 0 Å². The molecule has 0 aliphatic heterocycles. The molecule has 0 aliphatic rings. The van der Waals surface area contributed by atoms with Crippen LogP contribution in [0.15, 0.2) is 79.3 Å². The Balaban J connectivity index is 1.41. The quantitative estimate of drug-likeness (QED) is 0.303. The molecule has 5 aromatic rings. The highest BCUT2D eigenvalue weighted by Gasteiger charge is 2.30. The first kappa shape index (κ1) is 18.3. The molecule has 166 valence electrons. The molecule has 0 saturated carbocycles. The highest BCUT2D eigenvalue weighted by molar-refractivity contribution is 6.05. The Hall–Kier alpha value is -4.27. The lowest BCUT2D eigenvalue weighted by Gasteiger charge is -2.11. The third-order valence-electron chi connectivity index (χ3n) is 5.14. The minimum Gasteiger partial charge on any atom is -0.346 e. The second kappa shape index (κ2) is 8.01. The zero-order valence-corrected chi connectivity index (χ0v) is 16.9. The van der Waals surface area contributed by atoms with Crippen molar-refractivity contribution in [1.82, 2.24) is 14.5 Å². The molecule has 2 aromatic carbocycles. The van der Waals surface area contributed by atoms with E-state index in [1.54, 1.807) is 55.0 Å². The second-order valence-corrected chi connectivity index (χ2v) is 7.29. The lowest BCUT2D eigenvalue weighted by Crippen LogP contribution is -2.19. The summed E-state index contributed by atoms with van der Waals surface area (Å²) < 4.78 is 57.3. The van der Waals surface area contributed by atoms with Crippen LogP contribution in [0.5, 0.6) is 0 Å². The lowest BCUT2D eigenvalue weighted by molar-refractivity contribution is -0.137. The highest BCUT2D eigenvalue weighted by Crippen LogP contribution is 2.30. The number of fused-ring (bicyclic) bond motifs is 2.